The second-order valence-corrected chi connectivity index (χ2v) is 6.37. The number of ether oxygens (including phenoxy) is 2. The first-order valence-electron chi connectivity index (χ1n) is 8.56. The molecule has 1 fully saturated rings. The van der Waals surface area contributed by atoms with Crippen molar-refractivity contribution in [2.75, 3.05) is 13.2 Å². The molecule has 0 radical (unpaired) electrons. The number of imidazole rings is 1. The van der Waals surface area contributed by atoms with Crippen LogP contribution in [0.3, 0.4) is 0 Å². The van der Waals surface area contributed by atoms with Crippen LogP contribution >= 0.6 is 0 Å². The lowest BCUT2D eigenvalue weighted by atomic mass is 9.90. The second-order valence-electron chi connectivity index (χ2n) is 6.37. The Morgan fingerprint density at radius 3 is 2.88 bits per heavy atom. The van der Waals surface area contributed by atoms with E-state index >= 15 is 0 Å². The summed E-state index contributed by atoms with van der Waals surface area (Å²) in [6.07, 6.45) is 3.34. The lowest BCUT2D eigenvalue weighted by molar-refractivity contribution is -0.154. The normalized spacial score (nSPS) is 19.3. The summed E-state index contributed by atoms with van der Waals surface area (Å²) < 4.78 is 13.3. The Labute approximate surface area is 150 Å². The molecule has 1 aliphatic heterocycles. The molecule has 0 bridgehead atoms. The van der Waals surface area contributed by atoms with E-state index in [1.807, 2.05) is 48.9 Å². The number of aryl methyl sites for hydroxylation is 1. The molecule has 0 aliphatic carbocycles. The number of fused-ring (bicyclic) bond motifs is 1. The Balaban J connectivity index is 1.79. The van der Waals surface area contributed by atoms with E-state index in [9.17, 15) is 4.79 Å². The molecular weight excluding hydrogens is 332 g/mol. The van der Waals surface area contributed by atoms with Crippen LogP contribution in [0.4, 0.5) is 0 Å². The number of carbonyl (C=O) groups excluding carboxylic acids is 1. The first kappa shape index (κ1) is 16.5. The van der Waals surface area contributed by atoms with E-state index in [1.165, 1.54) is 0 Å². The molecule has 26 heavy (non-hydrogen) atoms. The van der Waals surface area contributed by atoms with Gasteiger partial charge in [0.05, 0.1) is 36.4 Å². The van der Waals surface area contributed by atoms with Crippen molar-refractivity contribution in [3.63, 3.8) is 0 Å². The monoisotopic (exact) mass is 352 g/mol. The number of hydrogen-bond acceptors (Lipinski definition) is 5. The van der Waals surface area contributed by atoms with E-state index in [2.05, 4.69) is 4.98 Å². The molecule has 2 N–H and O–H groups in total. The molecule has 4 rings (SSSR count). The number of pyridine rings is 1. The molecule has 0 spiro atoms. The van der Waals surface area contributed by atoms with Crippen LogP contribution in [0.15, 0.2) is 36.8 Å². The van der Waals surface area contributed by atoms with Gasteiger partial charge in [-0.25, -0.2) is 9.97 Å². The van der Waals surface area contributed by atoms with Gasteiger partial charge < -0.3 is 15.2 Å². The van der Waals surface area contributed by atoms with E-state index in [1.54, 1.807) is 6.33 Å². The third-order valence-electron chi connectivity index (χ3n) is 4.57. The number of rotatable bonds is 5. The van der Waals surface area contributed by atoms with Crippen LogP contribution in [0.2, 0.25) is 0 Å². The van der Waals surface area contributed by atoms with Gasteiger partial charge in [-0.2, -0.15) is 0 Å². The van der Waals surface area contributed by atoms with Crippen LogP contribution in [0.25, 0.3) is 16.7 Å². The average Bonchev–Trinajstić information content (AvgIpc) is 3.00. The minimum absolute atomic E-state index is 0.288. The number of aromatic nitrogens is 3. The molecule has 2 aromatic heterocycles. The van der Waals surface area contributed by atoms with Gasteiger partial charge in [-0.1, -0.05) is 6.07 Å². The number of benzene rings is 1. The summed E-state index contributed by atoms with van der Waals surface area (Å²) in [5.41, 5.74) is 8.06. The third kappa shape index (κ3) is 2.80. The number of amides is 1. The van der Waals surface area contributed by atoms with Crippen molar-refractivity contribution in [1.82, 2.24) is 14.5 Å². The fourth-order valence-corrected chi connectivity index (χ4v) is 3.18. The molecule has 2 unspecified atom stereocenters. The first-order valence-corrected chi connectivity index (χ1v) is 8.56. The maximum atomic E-state index is 11.5. The van der Waals surface area contributed by atoms with Gasteiger partial charge in [0.1, 0.15) is 17.9 Å². The summed E-state index contributed by atoms with van der Waals surface area (Å²) in [5.74, 6) is 0.847. The number of hydrogen-bond donors (Lipinski definition) is 1. The quantitative estimate of drug-likeness (QED) is 0.761. The SMILES string of the molecule is CCOc1cc(-n2cnc(C)c2)nc2ccc(C3OCC3C(N)=O)cc12. The summed E-state index contributed by atoms with van der Waals surface area (Å²) in [7, 11) is 0. The van der Waals surface area contributed by atoms with Crippen molar-refractivity contribution in [1.29, 1.82) is 0 Å². The molecule has 2 atom stereocenters. The molecular formula is C19H20N4O3. The molecule has 7 nitrogen and oxygen atoms in total. The lowest BCUT2D eigenvalue weighted by Gasteiger charge is -2.35. The lowest BCUT2D eigenvalue weighted by Crippen LogP contribution is -2.42. The first-order chi connectivity index (χ1) is 12.6. The van der Waals surface area contributed by atoms with Crippen molar-refractivity contribution in [2.24, 2.45) is 11.7 Å². The summed E-state index contributed by atoms with van der Waals surface area (Å²) in [4.78, 5) is 20.5. The van der Waals surface area contributed by atoms with E-state index in [-0.39, 0.29) is 17.9 Å². The van der Waals surface area contributed by atoms with Crippen molar-refractivity contribution in [2.45, 2.75) is 20.0 Å². The second kappa shape index (κ2) is 6.42. The summed E-state index contributed by atoms with van der Waals surface area (Å²) in [6.45, 7) is 4.78. The van der Waals surface area contributed by atoms with Gasteiger partial charge in [0.15, 0.2) is 0 Å². The van der Waals surface area contributed by atoms with E-state index in [4.69, 9.17) is 20.2 Å². The molecule has 134 valence electrons. The van der Waals surface area contributed by atoms with Gasteiger partial charge in [0.25, 0.3) is 0 Å². The molecule has 1 amide bonds. The van der Waals surface area contributed by atoms with Gasteiger partial charge in [-0.3, -0.25) is 9.36 Å². The van der Waals surface area contributed by atoms with E-state index in [0.717, 1.165) is 33.7 Å². The highest BCUT2D eigenvalue weighted by Crippen LogP contribution is 2.38. The Bertz CT molecular complexity index is 982. The minimum atomic E-state index is -0.338. The zero-order chi connectivity index (χ0) is 18.3. The molecule has 1 aliphatic rings. The molecule has 1 saturated heterocycles. The predicted octanol–water partition coefficient (Wildman–Crippen LogP) is 2.30. The van der Waals surface area contributed by atoms with Crippen LogP contribution in [-0.2, 0) is 9.53 Å². The van der Waals surface area contributed by atoms with Crippen LogP contribution in [0, 0.1) is 12.8 Å². The van der Waals surface area contributed by atoms with Gasteiger partial charge >= 0.3 is 0 Å². The average molecular weight is 352 g/mol. The zero-order valence-electron chi connectivity index (χ0n) is 14.7. The molecule has 1 aromatic carbocycles. The van der Waals surface area contributed by atoms with E-state index < -0.39 is 0 Å². The van der Waals surface area contributed by atoms with Crippen LogP contribution in [0.1, 0.15) is 24.3 Å². The van der Waals surface area contributed by atoms with Crippen molar-refractivity contribution in [3.8, 4) is 11.6 Å². The Morgan fingerprint density at radius 2 is 2.27 bits per heavy atom. The number of nitrogens with zero attached hydrogens (tertiary/aromatic N) is 3. The highest BCUT2D eigenvalue weighted by Gasteiger charge is 2.37. The van der Waals surface area contributed by atoms with Gasteiger partial charge in [-0.15, -0.1) is 0 Å². The number of carbonyl (C=O) groups is 1. The van der Waals surface area contributed by atoms with Crippen LogP contribution < -0.4 is 10.5 Å². The van der Waals surface area contributed by atoms with E-state index in [0.29, 0.717) is 13.2 Å². The Morgan fingerprint density at radius 1 is 1.42 bits per heavy atom. The van der Waals surface area contributed by atoms with Crippen molar-refractivity contribution in [3.05, 3.63) is 48.0 Å². The smallest absolute Gasteiger partial charge is 0.225 e. The Kier molecular flexibility index (Phi) is 4.08. The highest BCUT2D eigenvalue weighted by molar-refractivity contribution is 5.87. The molecule has 3 heterocycles. The zero-order valence-corrected chi connectivity index (χ0v) is 14.7. The third-order valence-corrected chi connectivity index (χ3v) is 4.57. The molecule has 7 heteroatoms. The number of nitrogens with two attached hydrogens (primary N) is 1. The predicted molar refractivity (Wildman–Crippen MR) is 96.1 cm³/mol. The topological polar surface area (TPSA) is 92.3 Å². The van der Waals surface area contributed by atoms with Crippen molar-refractivity contribution < 1.29 is 14.3 Å². The maximum absolute atomic E-state index is 11.5. The fourth-order valence-electron chi connectivity index (χ4n) is 3.18. The molecule has 0 saturated carbocycles. The largest absolute Gasteiger partial charge is 0.493 e. The minimum Gasteiger partial charge on any atom is -0.493 e. The van der Waals surface area contributed by atoms with Gasteiger partial charge in [0.2, 0.25) is 5.91 Å². The standard InChI is InChI=1S/C19H20N4O3/c1-3-25-16-7-17(23-8-11(2)21-10-23)22-15-5-4-12(6-13(15)16)18-14(9-26-18)19(20)24/h4-8,10,14,18H,3,9H2,1-2H3,(H2,20,24). The van der Waals surface area contributed by atoms with Gasteiger partial charge in [-0.05, 0) is 31.5 Å². The maximum Gasteiger partial charge on any atom is 0.225 e. The summed E-state index contributed by atoms with van der Waals surface area (Å²) in [5, 5.41) is 0.878. The van der Waals surface area contributed by atoms with Crippen LogP contribution in [-0.4, -0.2) is 33.7 Å². The van der Waals surface area contributed by atoms with Crippen molar-refractivity contribution >= 4 is 16.8 Å². The molecule has 3 aromatic rings. The van der Waals surface area contributed by atoms with Crippen LogP contribution in [0.5, 0.6) is 5.75 Å². The van der Waals surface area contributed by atoms with Gasteiger partial charge in [0, 0.05) is 17.6 Å². The fraction of sp³-hybridized carbons (Fsp3) is 0.316. The summed E-state index contributed by atoms with van der Waals surface area (Å²) >= 11 is 0. The number of primary amides is 1. The summed E-state index contributed by atoms with van der Waals surface area (Å²) in [6, 6.07) is 7.70. The highest BCUT2D eigenvalue weighted by atomic mass is 16.5. The Hall–Kier alpha value is -2.93.